The van der Waals surface area contributed by atoms with Gasteiger partial charge in [0.05, 0.1) is 17.6 Å². The molecule has 1 aliphatic carbocycles. The Labute approximate surface area is 135 Å². The van der Waals surface area contributed by atoms with Crippen molar-refractivity contribution in [2.45, 2.75) is 32.6 Å². The predicted octanol–water partition coefficient (Wildman–Crippen LogP) is 1.69. The van der Waals surface area contributed by atoms with Crippen molar-refractivity contribution in [1.29, 1.82) is 0 Å². The quantitative estimate of drug-likeness (QED) is 0.801. The maximum atomic E-state index is 12.7. The van der Waals surface area contributed by atoms with Crippen molar-refractivity contribution in [3.05, 3.63) is 47.1 Å². The van der Waals surface area contributed by atoms with Crippen molar-refractivity contribution in [2.24, 2.45) is 5.92 Å². The van der Waals surface area contributed by atoms with Gasteiger partial charge in [-0.3, -0.25) is 9.78 Å². The maximum absolute atomic E-state index is 12.7. The zero-order valence-corrected chi connectivity index (χ0v) is 13.4. The summed E-state index contributed by atoms with van der Waals surface area (Å²) in [6, 6.07) is 0. The third-order valence-electron chi connectivity index (χ3n) is 4.88. The molecule has 2 aromatic heterocycles. The molecule has 0 N–H and O–H groups in total. The van der Waals surface area contributed by atoms with Gasteiger partial charge >= 0.3 is 0 Å². The van der Waals surface area contributed by atoms with Crippen molar-refractivity contribution in [3.63, 3.8) is 0 Å². The molecule has 0 saturated carbocycles. The Morgan fingerprint density at radius 1 is 1.13 bits per heavy atom. The van der Waals surface area contributed by atoms with Crippen LogP contribution >= 0.6 is 0 Å². The van der Waals surface area contributed by atoms with E-state index in [4.69, 9.17) is 0 Å². The molecule has 0 aromatic carbocycles. The molecule has 1 amide bonds. The first-order valence-corrected chi connectivity index (χ1v) is 8.02. The van der Waals surface area contributed by atoms with Crippen LogP contribution in [-0.4, -0.2) is 43.8 Å². The van der Waals surface area contributed by atoms with Crippen molar-refractivity contribution >= 4 is 5.91 Å². The van der Waals surface area contributed by atoms with Crippen molar-refractivity contribution in [2.75, 3.05) is 13.1 Å². The van der Waals surface area contributed by atoms with E-state index in [1.54, 1.807) is 12.4 Å². The lowest BCUT2D eigenvalue weighted by atomic mass is 9.80. The Hall–Kier alpha value is -2.37. The van der Waals surface area contributed by atoms with E-state index in [1.807, 2.05) is 24.9 Å². The van der Waals surface area contributed by atoms with Crippen LogP contribution in [0.3, 0.4) is 0 Å². The van der Waals surface area contributed by atoms with Crippen molar-refractivity contribution in [3.8, 4) is 0 Å². The topological polar surface area (TPSA) is 71.9 Å². The number of carbonyl (C=O) groups is 1. The number of amides is 1. The minimum atomic E-state index is -0.0285. The third-order valence-corrected chi connectivity index (χ3v) is 4.88. The van der Waals surface area contributed by atoms with Gasteiger partial charge in [-0.1, -0.05) is 0 Å². The van der Waals surface area contributed by atoms with Crippen LogP contribution in [-0.2, 0) is 6.42 Å². The van der Waals surface area contributed by atoms with E-state index in [1.165, 1.54) is 5.56 Å². The summed E-state index contributed by atoms with van der Waals surface area (Å²) in [7, 11) is 0. The minimum absolute atomic E-state index is 0.0285. The Kier molecular flexibility index (Phi) is 3.32. The number of carbonyl (C=O) groups excluding carboxylic acids is 1. The number of nitrogens with zero attached hydrogens (tertiary/aromatic N) is 5. The lowest BCUT2D eigenvalue weighted by molar-refractivity contribution is 0.0779. The van der Waals surface area contributed by atoms with Gasteiger partial charge in [0.25, 0.3) is 5.91 Å². The number of hydrogen-bond acceptors (Lipinski definition) is 5. The normalized spacial score (nSPS) is 22.6. The van der Waals surface area contributed by atoms with Crippen LogP contribution < -0.4 is 0 Å². The fraction of sp³-hybridized carbons (Fsp3) is 0.471. The molecule has 23 heavy (non-hydrogen) atoms. The molecule has 1 fully saturated rings. The van der Waals surface area contributed by atoms with Gasteiger partial charge in [0.2, 0.25) is 0 Å². The highest BCUT2D eigenvalue weighted by molar-refractivity contribution is 5.92. The van der Waals surface area contributed by atoms with E-state index in [9.17, 15) is 4.79 Å². The molecule has 2 aliphatic rings. The molecule has 3 heterocycles. The van der Waals surface area contributed by atoms with Gasteiger partial charge < -0.3 is 4.90 Å². The molecular formula is C17H19N5O. The van der Waals surface area contributed by atoms with Crippen molar-refractivity contribution in [1.82, 2.24) is 24.8 Å². The van der Waals surface area contributed by atoms with E-state index in [-0.39, 0.29) is 5.91 Å². The standard InChI is InChI=1S/C17H19N5O/c1-10-5-20-15(7-18-10)17(23)22-8-13-4-3-12-6-19-11(2)21-16(12)14(13)9-22/h5-7,13-14H,3-4,8-9H2,1-2H3/t13-,14+/m0/s1. The number of rotatable bonds is 1. The molecular weight excluding hydrogens is 290 g/mol. The number of hydrogen-bond donors (Lipinski definition) is 0. The van der Waals surface area contributed by atoms with Crippen molar-refractivity contribution < 1.29 is 4.79 Å². The van der Waals surface area contributed by atoms with E-state index < -0.39 is 0 Å². The molecule has 6 nitrogen and oxygen atoms in total. The van der Waals surface area contributed by atoms with Crippen LogP contribution in [0.5, 0.6) is 0 Å². The average Bonchev–Trinajstić information content (AvgIpc) is 2.99. The van der Waals surface area contributed by atoms with Gasteiger partial charge in [-0.25, -0.2) is 15.0 Å². The van der Waals surface area contributed by atoms with Crippen LogP contribution in [0.25, 0.3) is 0 Å². The van der Waals surface area contributed by atoms with E-state index in [0.29, 0.717) is 24.1 Å². The lowest BCUT2D eigenvalue weighted by Gasteiger charge is -2.25. The molecule has 1 saturated heterocycles. The first-order valence-electron chi connectivity index (χ1n) is 8.02. The molecule has 2 atom stereocenters. The highest BCUT2D eigenvalue weighted by Crippen LogP contribution is 2.40. The zero-order valence-electron chi connectivity index (χ0n) is 13.4. The largest absolute Gasteiger partial charge is 0.336 e. The van der Waals surface area contributed by atoms with Gasteiger partial charge in [-0.2, -0.15) is 0 Å². The molecule has 6 heteroatoms. The zero-order chi connectivity index (χ0) is 16.0. The van der Waals surface area contributed by atoms with Crippen LogP contribution in [0.2, 0.25) is 0 Å². The summed E-state index contributed by atoms with van der Waals surface area (Å²) in [6.07, 6.45) is 7.25. The summed E-state index contributed by atoms with van der Waals surface area (Å²) in [5, 5.41) is 0. The summed E-state index contributed by atoms with van der Waals surface area (Å²) in [5.74, 6) is 1.58. The summed E-state index contributed by atoms with van der Waals surface area (Å²) in [6.45, 7) is 5.28. The molecule has 118 valence electrons. The van der Waals surface area contributed by atoms with E-state index >= 15 is 0 Å². The predicted molar refractivity (Wildman–Crippen MR) is 84.0 cm³/mol. The Bertz CT molecular complexity index is 758. The first kappa shape index (κ1) is 14.2. The van der Waals surface area contributed by atoms with E-state index in [2.05, 4.69) is 19.9 Å². The van der Waals surface area contributed by atoms with Gasteiger partial charge in [-0.15, -0.1) is 0 Å². The minimum Gasteiger partial charge on any atom is -0.336 e. The highest BCUT2D eigenvalue weighted by Gasteiger charge is 2.40. The summed E-state index contributed by atoms with van der Waals surface area (Å²) < 4.78 is 0. The second kappa shape index (κ2) is 5.37. The first-order chi connectivity index (χ1) is 11.1. The van der Waals surface area contributed by atoms with Gasteiger partial charge in [0.1, 0.15) is 11.5 Å². The highest BCUT2D eigenvalue weighted by atomic mass is 16.2. The fourth-order valence-electron chi connectivity index (χ4n) is 3.67. The third kappa shape index (κ3) is 2.48. The molecule has 0 radical (unpaired) electrons. The number of likely N-dealkylation sites (tertiary alicyclic amines) is 1. The average molecular weight is 309 g/mol. The maximum Gasteiger partial charge on any atom is 0.274 e. The summed E-state index contributed by atoms with van der Waals surface area (Å²) in [5.41, 5.74) is 3.62. The van der Waals surface area contributed by atoms with Gasteiger partial charge in [0.15, 0.2) is 0 Å². The number of fused-ring (bicyclic) bond motifs is 3. The number of aryl methyl sites for hydroxylation is 3. The monoisotopic (exact) mass is 309 g/mol. The molecule has 0 spiro atoms. The Balaban J connectivity index is 1.59. The van der Waals surface area contributed by atoms with Gasteiger partial charge in [-0.05, 0) is 38.2 Å². The smallest absolute Gasteiger partial charge is 0.274 e. The SMILES string of the molecule is Cc1cnc(C(=O)N2C[C@@H]3CCc4cnc(C)nc4[C@@H]3C2)cn1. The summed E-state index contributed by atoms with van der Waals surface area (Å²) in [4.78, 5) is 31.9. The fourth-order valence-corrected chi connectivity index (χ4v) is 3.67. The van der Waals surface area contributed by atoms with Crippen LogP contribution in [0, 0.1) is 19.8 Å². The van der Waals surface area contributed by atoms with E-state index in [0.717, 1.165) is 36.6 Å². The van der Waals surface area contributed by atoms with Gasteiger partial charge in [0, 0.05) is 31.4 Å². The summed E-state index contributed by atoms with van der Waals surface area (Å²) >= 11 is 0. The Morgan fingerprint density at radius 2 is 2.00 bits per heavy atom. The second-order valence-electron chi connectivity index (χ2n) is 6.49. The molecule has 2 aromatic rings. The second-order valence-corrected chi connectivity index (χ2v) is 6.49. The van der Waals surface area contributed by atoms with Crippen LogP contribution in [0.15, 0.2) is 18.6 Å². The molecule has 0 bridgehead atoms. The number of aromatic nitrogens is 4. The Morgan fingerprint density at radius 3 is 2.78 bits per heavy atom. The van der Waals surface area contributed by atoms with Crippen LogP contribution in [0.4, 0.5) is 0 Å². The molecule has 1 aliphatic heterocycles. The molecule has 0 unspecified atom stereocenters. The van der Waals surface area contributed by atoms with Crippen LogP contribution in [0.1, 0.15) is 45.6 Å². The lowest BCUT2D eigenvalue weighted by Crippen LogP contribution is -2.29. The molecule has 4 rings (SSSR count).